The van der Waals surface area contributed by atoms with Gasteiger partial charge in [0.25, 0.3) is 0 Å². The predicted molar refractivity (Wildman–Crippen MR) is 95.5 cm³/mol. The molecule has 0 spiro atoms. The van der Waals surface area contributed by atoms with Gasteiger partial charge in [0, 0.05) is 17.7 Å². The van der Waals surface area contributed by atoms with Crippen LogP contribution >= 0.6 is 0 Å². The molecule has 24 heavy (non-hydrogen) atoms. The minimum absolute atomic E-state index is 0.00620. The summed E-state index contributed by atoms with van der Waals surface area (Å²) in [6, 6.07) is 14.8. The molecule has 4 heteroatoms. The lowest BCUT2D eigenvalue weighted by Crippen LogP contribution is -2.27. The Morgan fingerprint density at radius 3 is 2.33 bits per heavy atom. The number of hydrogen-bond donors (Lipinski definition) is 1. The zero-order chi connectivity index (χ0) is 17.7. The number of benzene rings is 2. The quantitative estimate of drug-likeness (QED) is 0.824. The molecule has 0 heterocycles. The summed E-state index contributed by atoms with van der Waals surface area (Å²) < 4.78 is 5.29. The topological polar surface area (TPSA) is 55.4 Å². The Hall–Kier alpha value is -2.62. The highest BCUT2D eigenvalue weighted by atomic mass is 16.6. The minimum atomic E-state index is -0.575. The van der Waals surface area contributed by atoms with Crippen LogP contribution in [0, 0.1) is 6.92 Å². The number of ketones is 1. The molecule has 0 radical (unpaired) electrons. The van der Waals surface area contributed by atoms with Crippen molar-refractivity contribution in [1.82, 2.24) is 0 Å². The summed E-state index contributed by atoms with van der Waals surface area (Å²) in [6.45, 7) is 7.36. The maximum Gasteiger partial charge on any atom is 0.412 e. The number of anilines is 1. The molecule has 4 nitrogen and oxygen atoms in total. The van der Waals surface area contributed by atoms with Gasteiger partial charge in [-0.25, -0.2) is 4.79 Å². The Balaban J connectivity index is 2.18. The number of Topliss-reactive ketones (excluding diaryl/α,β-unsaturated/α-hetero) is 1. The summed E-state index contributed by atoms with van der Waals surface area (Å²) >= 11 is 0. The van der Waals surface area contributed by atoms with Crippen LogP contribution in [0.25, 0.3) is 0 Å². The molecule has 0 aliphatic heterocycles. The van der Waals surface area contributed by atoms with E-state index in [1.165, 1.54) is 0 Å². The van der Waals surface area contributed by atoms with Gasteiger partial charge in [-0.05, 0) is 44.9 Å². The van der Waals surface area contributed by atoms with Crippen LogP contribution in [0.3, 0.4) is 0 Å². The van der Waals surface area contributed by atoms with Crippen molar-refractivity contribution < 1.29 is 14.3 Å². The van der Waals surface area contributed by atoms with E-state index in [4.69, 9.17) is 4.74 Å². The summed E-state index contributed by atoms with van der Waals surface area (Å²) in [5.41, 5.74) is 2.45. The molecule has 2 aromatic carbocycles. The van der Waals surface area contributed by atoms with Crippen molar-refractivity contribution in [2.45, 2.75) is 39.7 Å². The molecular formula is C20H23NO3. The third-order valence-corrected chi connectivity index (χ3v) is 3.35. The number of carbonyl (C=O) groups is 2. The first-order valence-corrected chi connectivity index (χ1v) is 7.92. The van der Waals surface area contributed by atoms with Gasteiger partial charge in [0.2, 0.25) is 0 Å². The second kappa shape index (κ2) is 7.30. The Morgan fingerprint density at radius 2 is 1.71 bits per heavy atom. The lowest BCUT2D eigenvalue weighted by atomic mass is 10.0. The van der Waals surface area contributed by atoms with Crippen molar-refractivity contribution in [2.75, 3.05) is 5.32 Å². The first-order valence-electron chi connectivity index (χ1n) is 7.92. The van der Waals surface area contributed by atoms with Gasteiger partial charge >= 0.3 is 6.09 Å². The van der Waals surface area contributed by atoms with E-state index in [9.17, 15) is 9.59 Å². The van der Waals surface area contributed by atoms with Crippen molar-refractivity contribution in [3.8, 4) is 0 Å². The average molecular weight is 325 g/mol. The van der Waals surface area contributed by atoms with Crippen LogP contribution in [-0.4, -0.2) is 17.5 Å². The lowest BCUT2D eigenvalue weighted by Gasteiger charge is -2.20. The lowest BCUT2D eigenvalue weighted by molar-refractivity contribution is 0.0635. The van der Waals surface area contributed by atoms with Gasteiger partial charge in [0.05, 0.1) is 0 Å². The fourth-order valence-corrected chi connectivity index (χ4v) is 2.27. The SMILES string of the molecule is Cc1ccc(CC(=O)c2ccccc2)c(NC(=O)OC(C)(C)C)c1. The number of rotatable bonds is 4. The van der Waals surface area contributed by atoms with E-state index in [-0.39, 0.29) is 12.2 Å². The molecule has 0 saturated heterocycles. The van der Waals surface area contributed by atoms with Gasteiger partial charge in [0.15, 0.2) is 5.78 Å². The van der Waals surface area contributed by atoms with Crippen molar-refractivity contribution in [3.05, 3.63) is 65.2 Å². The maximum atomic E-state index is 12.4. The minimum Gasteiger partial charge on any atom is -0.444 e. The molecule has 0 atom stereocenters. The van der Waals surface area contributed by atoms with Crippen LogP contribution in [0.2, 0.25) is 0 Å². The van der Waals surface area contributed by atoms with Gasteiger partial charge in [-0.3, -0.25) is 10.1 Å². The number of aryl methyl sites for hydroxylation is 1. The molecule has 1 amide bonds. The zero-order valence-electron chi connectivity index (χ0n) is 14.6. The highest BCUT2D eigenvalue weighted by molar-refractivity contribution is 5.98. The molecule has 2 rings (SSSR count). The fraction of sp³-hybridized carbons (Fsp3) is 0.300. The zero-order valence-corrected chi connectivity index (χ0v) is 14.6. The summed E-state index contributed by atoms with van der Waals surface area (Å²) in [4.78, 5) is 24.5. The molecule has 2 aromatic rings. The van der Waals surface area contributed by atoms with Crippen molar-refractivity contribution >= 4 is 17.6 Å². The number of nitrogens with one attached hydrogen (secondary N) is 1. The fourth-order valence-electron chi connectivity index (χ4n) is 2.27. The molecular weight excluding hydrogens is 302 g/mol. The van der Waals surface area contributed by atoms with Gasteiger partial charge in [-0.15, -0.1) is 0 Å². The largest absolute Gasteiger partial charge is 0.444 e. The van der Waals surface area contributed by atoms with Gasteiger partial charge in [-0.1, -0.05) is 42.5 Å². The standard InChI is InChI=1S/C20H23NO3/c1-14-10-11-16(13-18(22)15-8-6-5-7-9-15)17(12-14)21-19(23)24-20(2,3)4/h5-12H,13H2,1-4H3,(H,21,23). The van der Waals surface area contributed by atoms with Crippen LogP contribution in [-0.2, 0) is 11.2 Å². The molecule has 126 valence electrons. The van der Waals surface area contributed by atoms with Crippen molar-refractivity contribution in [1.29, 1.82) is 0 Å². The Labute approximate surface area is 142 Å². The number of carbonyl (C=O) groups excluding carboxylic acids is 2. The van der Waals surface area contributed by atoms with Crippen LogP contribution in [0.1, 0.15) is 42.3 Å². The van der Waals surface area contributed by atoms with E-state index in [1.807, 2.05) is 64.1 Å². The molecule has 0 fully saturated rings. The molecule has 0 aromatic heterocycles. The summed E-state index contributed by atoms with van der Waals surface area (Å²) in [5.74, 6) is 0.00620. The number of amides is 1. The average Bonchev–Trinajstić information content (AvgIpc) is 2.49. The molecule has 0 bridgehead atoms. The Morgan fingerprint density at radius 1 is 1.04 bits per heavy atom. The summed E-state index contributed by atoms with van der Waals surface area (Å²) in [7, 11) is 0. The number of ether oxygens (including phenoxy) is 1. The van der Waals surface area contributed by atoms with E-state index in [0.717, 1.165) is 11.1 Å². The highest BCUT2D eigenvalue weighted by Gasteiger charge is 2.18. The summed E-state index contributed by atoms with van der Waals surface area (Å²) in [6.07, 6.45) is -0.309. The summed E-state index contributed by atoms with van der Waals surface area (Å²) in [5, 5.41) is 2.75. The van der Waals surface area contributed by atoms with Crippen LogP contribution < -0.4 is 5.32 Å². The molecule has 0 aliphatic carbocycles. The first kappa shape index (κ1) is 17.7. The van der Waals surface area contributed by atoms with Crippen LogP contribution in [0.4, 0.5) is 10.5 Å². The van der Waals surface area contributed by atoms with E-state index < -0.39 is 11.7 Å². The molecule has 0 unspecified atom stereocenters. The van der Waals surface area contributed by atoms with Crippen LogP contribution in [0.15, 0.2) is 48.5 Å². The molecule has 0 saturated carbocycles. The van der Waals surface area contributed by atoms with Crippen molar-refractivity contribution in [3.63, 3.8) is 0 Å². The molecule has 0 aliphatic rings. The third-order valence-electron chi connectivity index (χ3n) is 3.35. The van der Waals surface area contributed by atoms with E-state index in [1.54, 1.807) is 12.1 Å². The van der Waals surface area contributed by atoms with Crippen molar-refractivity contribution in [2.24, 2.45) is 0 Å². The van der Waals surface area contributed by atoms with E-state index >= 15 is 0 Å². The third kappa shape index (κ3) is 5.23. The molecule has 1 N–H and O–H groups in total. The maximum absolute atomic E-state index is 12.4. The number of hydrogen-bond acceptors (Lipinski definition) is 3. The second-order valence-corrected chi connectivity index (χ2v) is 6.75. The van der Waals surface area contributed by atoms with E-state index in [2.05, 4.69) is 5.32 Å². The second-order valence-electron chi connectivity index (χ2n) is 6.75. The van der Waals surface area contributed by atoms with Crippen LogP contribution in [0.5, 0.6) is 0 Å². The normalized spacial score (nSPS) is 11.0. The Bertz CT molecular complexity index is 730. The Kier molecular flexibility index (Phi) is 5.39. The van der Waals surface area contributed by atoms with E-state index in [0.29, 0.717) is 11.3 Å². The van der Waals surface area contributed by atoms with Gasteiger partial charge < -0.3 is 4.74 Å². The van der Waals surface area contributed by atoms with Gasteiger partial charge in [0.1, 0.15) is 5.60 Å². The highest BCUT2D eigenvalue weighted by Crippen LogP contribution is 2.21. The van der Waals surface area contributed by atoms with Gasteiger partial charge in [-0.2, -0.15) is 0 Å². The smallest absolute Gasteiger partial charge is 0.412 e. The predicted octanol–water partition coefficient (Wildman–Crippen LogP) is 4.77. The monoisotopic (exact) mass is 325 g/mol. The first-order chi connectivity index (χ1) is 11.2.